The average Bonchev–Trinajstić information content (AvgIpc) is 3.06. The summed E-state index contributed by atoms with van der Waals surface area (Å²) in [5, 5.41) is 13.7. The molecule has 1 aromatic heterocycles. The van der Waals surface area contributed by atoms with Crippen molar-refractivity contribution >= 4 is 21.7 Å². The second kappa shape index (κ2) is 5.47. The molecule has 2 N–H and O–H groups in total. The summed E-state index contributed by atoms with van der Waals surface area (Å²) in [7, 11) is 0. The van der Waals surface area contributed by atoms with Crippen molar-refractivity contribution in [1.29, 1.82) is 5.26 Å². The molecule has 0 bridgehead atoms. The first-order chi connectivity index (χ1) is 10.1. The lowest BCUT2D eigenvalue weighted by molar-refractivity contribution is 0.185. The molecule has 1 fully saturated rings. The smallest absolute Gasteiger partial charge is 0.140 e. The second-order valence-corrected chi connectivity index (χ2v) is 5.72. The molecule has 0 radical (unpaired) electrons. The van der Waals surface area contributed by atoms with Crippen molar-refractivity contribution in [3.8, 4) is 17.3 Å². The van der Waals surface area contributed by atoms with E-state index in [0.717, 1.165) is 6.42 Å². The highest BCUT2D eigenvalue weighted by Crippen LogP contribution is 2.33. The van der Waals surface area contributed by atoms with E-state index >= 15 is 0 Å². The van der Waals surface area contributed by atoms with Crippen LogP contribution in [0.1, 0.15) is 18.0 Å². The van der Waals surface area contributed by atoms with Gasteiger partial charge in [-0.1, -0.05) is 15.9 Å². The third-order valence-electron chi connectivity index (χ3n) is 3.50. The summed E-state index contributed by atoms with van der Waals surface area (Å²) in [4.78, 5) is 0. The number of nitrogen functional groups attached to an aromatic ring is 1. The van der Waals surface area contributed by atoms with Crippen LogP contribution in [0.25, 0.3) is 11.3 Å². The molecule has 7 heteroatoms. The Morgan fingerprint density at radius 3 is 2.95 bits per heavy atom. The SMILES string of the molecule is N#Cc1c(-c2ccc(Br)cc2F)nn(C2CCOC2)c1N. The number of nitrogens with two attached hydrogens (primary N) is 1. The van der Waals surface area contributed by atoms with Crippen LogP contribution in [0.5, 0.6) is 0 Å². The number of halogens is 2. The molecular formula is C14H12BrFN4O. The van der Waals surface area contributed by atoms with Crippen molar-refractivity contribution in [1.82, 2.24) is 9.78 Å². The molecule has 1 aliphatic rings. The predicted molar refractivity (Wildman–Crippen MR) is 78.9 cm³/mol. The molecule has 0 saturated carbocycles. The summed E-state index contributed by atoms with van der Waals surface area (Å²) in [5.74, 6) is -0.196. The van der Waals surface area contributed by atoms with Gasteiger partial charge < -0.3 is 10.5 Å². The van der Waals surface area contributed by atoms with Gasteiger partial charge in [-0.3, -0.25) is 0 Å². The molecule has 3 rings (SSSR count). The zero-order valence-corrected chi connectivity index (χ0v) is 12.6. The monoisotopic (exact) mass is 350 g/mol. The lowest BCUT2D eigenvalue weighted by atomic mass is 10.1. The Labute approximate surface area is 129 Å². The minimum atomic E-state index is -0.451. The van der Waals surface area contributed by atoms with Gasteiger partial charge in [0.1, 0.15) is 29.0 Å². The fourth-order valence-corrected chi connectivity index (χ4v) is 2.75. The number of hydrogen-bond acceptors (Lipinski definition) is 4. The average molecular weight is 351 g/mol. The summed E-state index contributed by atoms with van der Waals surface area (Å²) in [6, 6.07) is 6.63. The predicted octanol–water partition coefficient (Wildman–Crippen LogP) is 2.87. The summed E-state index contributed by atoms with van der Waals surface area (Å²) in [6.45, 7) is 1.13. The highest BCUT2D eigenvalue weighted by molar-refractivity contribution is 9.10. The number of rotatable bonds is 2. The number of anilines is 1. The van der Waals surface area contributed by atoms with Crippen molar-refractivity contribution in [2.45, 2.75) is 12.5 Å². The van der Waals surface area contributed by atoms with E-state index in [1.54, 1.807) is 16.8 Å². The maximum atomic E-state index is 14.1. The summed E-state index contributed by atoms with van der Waals surface area (Å²) >= 11 is 3.21. The van der Waals surface area contributed by atoms with E-state index < -0.39 is 5.82 Å². The molecule has 1 atom stereocenters. The topological polar surface area (TPSA) is 76.9 Å². The fourth-order valence-electron chi connectivity index (χ4n) is 2.42. The minimum absolute atomic E-state index is 0.00985. The number of nitriles is 1. The maximum absolute atomic E-state index is 14.1. The molecule has 0 spiro atoms. The quantitative estimate of drug-likeness (QED) is 0.903. The molecule has 21 heavy (non-hydrogen) atoms. The Bertz CT molecular complexity index is 731. The van der Waals surface area contributed by atoms with Crippen molar-refractivity contribution in [3.05, 3.63) is 34.1 Å². The first-order valence-electron chi connectivity index (χ1n) is 6.43. The zero-order valence-electron chi connectivity index (χ0n) is 11.0. The van der Waals surface area contributed by atoms with Gasteiger partial charge in [0, 0.05) is 16.6 Å². The molecule has 108 valence electrons. The zero-order chi connectivity index (χ0) is 15.0. The van der Waals surface area contributed by atoms with Gasteiger partial charge in [-0.25, -0.2) is 9.07 Å². The van der Waals surface area contributed by atoms with Gasteiger partial charge in [-0.05, 0) is 24.6 Å². The third-order valence-corrected chi connectivity index (χ3v) is 3.99. The first-order valence-corrected chi connectivity index (χ1v) is 7.22. The lowest BCUT2D eigenvalue weighted by Crippen LogP contribution is -2.13. The number of aromatic nitrogens is 2. The van der Waals surface area contributed by atoms with Crippen LogP contribution in [0.15, 0.2) is 22.7 Å². The van der Waals surface area contributed by atoms with Crippen molar-refractivity contribution in [3.63, 3.8) is 0 Å². The molecular weight excluding hydrogens is 339 g/mol. The van der Waals surface area contributed by atoms with Gasteiger partial charge in [0.2, 0.25) is 0 Å². The Kier molecular flexibility index (Phi) is 3.66. The summed E-state index contributed by atoms with van der Waals surface area (Å²) in [5.41, 5.74) is 6.73. The van der Waals surface area contributed by atoms with Crippen LogP contribution in [-0.2, 0) is 4.74 Å². The highest BCUT2D eigenvalue weighted by Gasteiger charge is 2.26. The van der Waals surface area contributed by atoms with E-state index in [0.29, 0.717) is 17.7 Å². The maximum Gasteiger partial charge on any atom is 0.140 e. The third kappa shape index (κ3) is 2.41. The molecule has 2 aromatic rings. The minimum Gasteiger partial charge on any atom is -0.383 e. The van der Waals surface area contributed by atoms with Gasteiger partial charge in [0.15, 0.2) is 0 Å². The van der Waals surface area contributed by atoms with Crippen LogP contribution >= 0.6 is 15.9 Å². The first kappa shape index (κ1) is 14.0. The second-order valence-electron chi connectivity index (χ2n) is 4.81. The molecule has 1 aliphatic heterocycles. The lowest BCUT2D eigenvalue weighted by Gasteiger charge is -2.09. The van der Waals surface area contributed by atoms with E-state index in [1.165, 1.54) is 6.07 Å². The largest absolute Gasteiger partial charge is 0.383 e. The standard InChI is InChI=1S/C14H12BrFN4O/c15-8-1-2-10(12(16)5-8)13-11(6-17)14(18)20(19-13)9-3-4-21-7-9/h1-2,5,9H,3-4,7,18H2. The Morgan fingerprint density at radius 2 is 2.33 bits per heavy atom. The van der Waals surface area contributed by atoms with Crippen molar-refractivity contribution < 1.29 is 9.13 Å². The van der Waals surface area contributed by atoms with Crippen LogP contribution < -0.4 is 5.73 Å². The number of nitrogens with zero attached hydrogens (tertiary/aromatic N) is 3. The molecule has 1 saturated heterocycles. The van der Waals surface area contributed by atoms with Crippen LogP contribution in [0.4, 0.5) is 10.2 Å². The Hall–Kier alpha value is -1.91. The Balaban J connectivity index is 2.14. The van der Waals surface area contributed by atoms with E-state index in [9.17, 15) is 9.65 Å². The van der Waals surface area contributed by atoms with Gasteiger partial charge in [-0.15, -0.1) is 0 Å². The van der Waals surface area contributed by atoms with Gasteiger partial charge in [0.05, 0.1) is 12.6 Å². The number of benzene rings is 1. The van der Waals surface area contributed by atoms with Crippen LogP contribution in [0.2, 0.25) is 0 Å². The van der Waals surface area contributed by atoms with Crippen LogP contribution in [-0.4, -0.2) is 23.0 Å². The Morgan fingerprint density at radius 1 is 1.52 bits per heavy atom. The van der Waals surface area contributed by atoms with E-state index in [-0.39, 0.29) is 28.7 Å². The molecule has 0 aliphatic carbocycles. The van der Waals surface area contributed by atoms with Gasteiger partial charge in [-0.2, -0.15) is 10.4 Å². The molecule has 2 heterocycles. The summed E-state index contributed by atoms with van der Waals surface area (Å²) in [6.07, 6.45) is 0.777. The summed E-state index contributed by atoms with van der Waals surface area (Å²) < 4.78 is 21.6. The molecule has 1 aromatic carbocycles. The van der Waals surface area contributed by atoms with Crippen molar-refractivity contribution in [2.24, 2.45) is 0 Å². The van der Waals surface area contributed by atoms with E-state index in [2.05, 4.69) is 21.0 Å². The number of hydrogen-bond donors (Lipinski definition) is 1. The molecule has 1 unspecified atom stereocenters. The normalized spacial score (nSPS) is 17.9. The van der Waals surface area contributed by atoms with E-state index in [4.69, 9.17) is 10.5 Å². The van der Waals surface area contributed by atoms with Crippen LogP contribution in [0.3, 0.4) is 0 Å². The van der Waals surface area contributed by atoms with Gasteiger partial charge >= 0.3 is 0 Å². The van der Waals surface area contributed by atoms with Gasteiger partial charge in [0.25, 0.3) is 0 Å². The van der Waals surface area contributed by atoms with Crippen LogP contribution in [0, 0.1) is 17.1 Å². The molecule has 0 amide bonds. The highest BCUT2D eigenvalue weighted by atomic mass is 79.9. The fraction of sp³-hybridized carbons (Fsp3) is 0.286. The number of ether oxygens (including phenoxy) is 1. The van der Waals surface area contributed by atoms with E-state index in [1.807, 2.05) is 6.07 Å². The molecule has 5 nitrogen and oxygen atoms in total. The van der Waals surface area contributed by atoms with Crippen molar-refractivity contribution in [2.75, 3.05) is 18.9 Å².